The molecule has 0 aromatic carbocycles. The number of hydrogen-bond donors (Lipinski definition) is 6. The van der Waals surface area contributed by atoms with Gasteiger partial charge in [0.2, 0.25) is 12.2 Å². The van der Waals surface area contributed by atoms with Gasteiger partial charge in [-0.1, -0.05) is 5.21 Å². The smallest absolute Gasteiger partial charge is 0.320 e. The van der Waals surface area contributed by atoms with Crippen LogP contribution in [0.2, 0.25) is 0 Å². The zero-order valence-corrected chi connectivity index (χ0v) is 22.6. The number of nitrogens with zero attached hydrogens (tertiary/aromatic N) is 7. The Bertz CT molecular complexity index is 1770. The van der Waals surface area contributed by atoms with E-state index < -0.39 is 73.8 Å². The van der Waals surface area contributed by atoms with E-state index in [9.17, 15) is 19.9 Å². The summed E-state index contributed by atoms with van der Waals surface area (Å²) in [6.07, 6.45) is -9.19. The summed E-state index contributed by atoms with van der Waals surface area (Å²) in [6.45, 7) is -6.12. The van der Waals surface area contributed by atoms with Crippen LogP contribution in [-0.4, -0.2) is 104 Å². The van der Waals surface area contributed by atoms with Crippen molar-refractivity contribution in [2.24, 2.45) is 0 Å². The summed E-state index contributed by atoms with van der Waals surface area (Å²) in [4.78, 5) is 37.3. The zero-order chi connectivity index (χ0) is 30.1. The maximum Gasteiger partial charge on any atom is 0.320 e. The lowest BCUT2D eigenvalue weighted by Crippen LogP contribution is -2.40. The molecule has 0 radical (unpaired) electrons. The van der Waals surface area contributed by atoms with E-state index in [-0.39, 0.29) is 34.0 Å². The Kier molecular flexibility index (Phi) is 6.97. The number of aliphatic hydroxyl groups is 2. The van der Waals surface area contributed by atoms with Crippen molar-refractivity contribution in [2.45, 2.75) is 48.5 Å². The second kappa shape index (κ2) is 10.2. The average Bonchev–Trinajstić information content (AvgIpc) is 3.67. The molecule has 1 unspecified atom stereocenters. The maximum atomic E-state index is 15.5. The van der Waals surface area contributed by atoms with Crippen LogP contribution in [0.5, 0.6) is 0 Å². The van der Waals surface area contributed by atoms with Crippen molar-refractivity contribution in [2.75, 3.05) is 24.7 Å². The van der Waals surface area contributed by atoms with Crippen LogP contribution in [0, 0.1) is 0 Å². The Morgan fingerprint density at radius 2 is 2.00 bits per heavy atom. The molecule has 2 aliphatic rings. The number of aromatic amines is 1. The highest BCUT2D eigenvalue weighted by Crippen LogP contribution is 2.59. The van der Waals surface area contributed by atoms with Crippen molar-refractivity contribution in [3.8, 4) is 0 Å². The Labute approximate surface area is 236 Å². The molecule has 17 nitrogen and oxygen atoms in total. The van der Waals surface area contributed by atoms with Crippen molar-refractivity contribution in [3.63, 3.8) is 0 Å². The summed E-state index contributed by atoms with van der Waals surface area (Å²) in [5, 5.41) is 27.8. The molecule has 6 heterocycles. The second-order valence-corrected chi connectivity index (χ2v) is 13.1. The quantitative estimate of drug-likeness (QED) is 0.133. The van der Waals surface area contributed by atoms with E-state index in [1.165, 1.54) is 12.3 Å². The fourth-order valence-corrected chi connectivity index (χ4v) is 7.43. The van der Waals surface area contributed by atoms with Crippen molar-refractivity contribution in [3.05, 3.63) is 28.9 Å². The van der Waals surface area contributed by atoms with E-state index in [2.05, 4.69) is 30.2 Å². The Balaban J connectivity index is 1.27. The SMILES string of the molecule is Nc1nc2c(nnn2[C@@H]2O[C@H](CO)[C@H](F)[C@H]2P(O)(=S)OC[C@H]2O[C@@H](n3ccc4c(N)ncnc43)C(F)(F)[C@@H]2O)c(=O)[nH]1. The van der Waals surface area contributed by atoms with Crippen LogP contribution in [0.3, 0.4) is 0 Å². The lowest BCUT2D eigenvalue weighted by Gasteiger charge is -2.28. The monoisotopic (exact) mass is 634 g/mol. The minimum absolute atomic E-state index is 0.0163. The molecule has 4 aromatic rings. The van der Waals surface area contributed by atoms with Crippen LogP contribution in [0.4, 0.5) is 24.9 Å². The van der Waals surface area contributed by atoms with Gasteiger partial charge in [0.25, 0.3) is 5.56 Å². The molecule has 6 rings (SSSR count). The topological polar surface area (TPSA) is 248 Å². The Morgan fingerprint density at radius 3 is 2.74 bits per heavy atom. The number of rotatable bonds is 7. The standard InChI is InChI=1S/C20H22F3N10O7PS/c21-9-7(3-34)39-17(33-15-10(30-31-33)16(36)29-19(25)28-15)11(9)41(37,42)38-4-8-12(35)20(22,23)18(40-8)32-2-1-6-13(24)26-5-27-14(6)32/h1-2,5,7-9,11-12,17-18,34-35H,3-4H2,(H,37,42)(H2,24,26,27)(H3,25,28,29,36)/t7-,8-,9+,11-,12-,17-,18-,41?/m1/s1. The first-order valence-corrected chi connectivity index (χ1v) is 14.9. The predicted molar refractivity (Wildman–Crippen MR) is 139 cm³/mol. The van der Waals surface area contributed by atoms with E-state index in [0.29, 0.717) is 0 Å². The van der Waals surface area contributed by atoms with Gasteiger partial charge in [0.05, 0.1) is 18.6 Å². The lowest BCUT2D eigenvalue weighted by molar-refractivity contribution is -0.137. The molecule has 0 spiro atoms. The number of ether oxygens (including phenoxy) is 2. The molecule has 42 heavy (non-hydrogen) atoms. The zero-order valence-electron chi connectivity index (χ0n) is 20.9. The van der Waals surface area contributed by atoms with E-state index in [1.807, 2.05) is 0 Å². The van der Waals surface area contributed by atoms with Gasteiger partial charge in [-0.15, -0.1) is 5.10 Å². The van der Waals surface area contributed by atoms with Crippen LogP contribution in [-0.2, 0) is 25.8 Å². The number of nitrogen functional groups attached to an aromatic ring is 2. The van der Waals surface area contributed by atoms with Crippen LogP contribution in [0.15, 0.2) is 23.4 Å². The minimum Gasteiger partial charge on any atom is -0.394 e. The fourth-order valence-electron chi connectivity index (χ4n) is 4.98. The first kappa shape index (κ1) is 28.8. The van der Waals surface area contributed by atoms with Crippen LogP contribution < -0.4 is 17.0 Å². The van der Waals surface area contributed by atoms with E-state index in [0.717, 1.165) is 15.6 Å². The third-order valence-electron chi connectivity index (χ3n) is 7.03. The van der Waals surface area contributed by atoms with Crippen LogP contribution >= 0.6 is 6.49 Å². The number of anilines is 2. The number of aromatic nitrogens is 8. The largest absolute Gasteiger partial charge is 0.394 e. The minimum atomic E-state index is -4.38. The van der Waals surface area contributed by atoms with Gasteiger partial charge in [0.15, 0.2) is 30.0 Å². The molecule has 226 valence electrons. The number of aliphatic hydroxyl groups excluding tert-OH is 2. The molecule has 0 aliphatic carbocycles. The van der Waals surface area contributed by atoms with Gasteiger partial charge in [-0.05, 0) is 17.9 Å². The molecule has 0 amide bonds. The molecule has 22 heteroatoms. The number of H-pyrrole nitrogens is 1. The average molecular weight is 634 g/mol. The third-order valence-corrected chi connectivity index (χ3v) is 9.89. The van der Waals surface area contributed by atoms with Crippen molar-refractivity contribution in [1.82, 2.24) is 39.5 Å². The normalized spacial score (nSPS) is 30.8. The highest BCUT2D eigenvalue weighted by atomic mass is 32.5. The van der Waals surface area contributed by atoms with Gasteiger partial charge >= 0.3 is 5.92 Å². The summed E-state index contributed by atoms with van der Waals surface area (Å²) in [5.41, 5.74) is 8.34. The molecule has 2 fully saturated rings. The predicted octanol–water partition coefficient (Wildman–Crippen LogP) is -1.07. The van der Waals surface area contributed by atoms with Crippen LogP contribution in [0.25, 0.3) is 22.2 Å². The van der Waals surface area contributed by atoms with Crippen molar-refractivity contribution < 1.29 is 42.3 Å². The number of alkyl halides is 3. The molecular formula is C20H22F3N10O7PS. The number of nitrogens with two attached hydrogens (primary N) is 2. The number of nitrogens with one attached hydrogen (secondary N) is 1. The summed E-state index contributed by atoms with van der Waals surface area (Å²) in [5.74, 6) is -4.16. The van der Waals surface area contributed by atoms with E-state index in [1.54, 1.807) is 0 Å². The first-order valence-electron chi connectivity index (χ1n) is 12.1. The molecule has 8 atom stereocenters. The van der Waals surface area contributed by atoms with Crippen molar-refractivity contribution in [1.29, 1.82) is 0 Å². The summed E-state index contributed by atoms with van der Waals surface area (Å²) < 4.78 is 64.1. The van der Waals surface area contributed by atoms with Crippen molar-refractivity contribution >= 4 is 52.3 Å². The second-order valence-electron chi connectivity index (χ2n) is 9.57. The molecule has 2 saturated heterocycles. The molecule has 8 N–H and O–H groups in total. The maximum absolute atomic E-state index is 15.5. The molecule has 0 saturated carbocycles. The van der Waals surface area contributed by atoms with Gasteiger partial charge in [-0.2, -0.15) is 18.4 Å². The van der Waals surface area contributed by atoms with Gasteiger partial charge in [0, 0.05) is 6.20 Å². The molecule has 2 aliphatic heterocycles. The summed E-state index contributed by atoms with van der Waals surface area (Å²) in [7, 11) is 0. The number of halogens is 3. The highest BCUT2D eigenvalue weighted by Gasteiger charge is 2.60. The first-order chi connectivity index (χ1) is 19.8. The fraction of sp³-hybridized carbons (Fsp3) is 0.500. The Hall–Kier alpha value is -3.30. The summed E-state index contributed by atoms with van der Waals surface area (Å²) in [6, 6.07) is 1.40. The van der Waals surface area contributed by atoms with Gasteiger partial charge < -0.3 is 45.1 Å². The molecule has 4 aromatic heterocycles. The summed E-state index contributed by atoms with van der Waals surface area (Å²) >= 11 is 5.23. The van der Waals surface area contributed by atoms with Gasteiger partial charge in [-0.3, -0.25) is 9.78 Å². The van der Waals surface area contributed by atoms with Gasteiger partial charge in [0.1, 0.15) is 41.8 Å². The Morgan fingerprint density at radius 1 is 1.24 bits per heavy atom. The third kappa shape index (κ3) is 4.43. The lowest BCUT2D eigenvalue weighted by atomic mass is 10.1. The van der Waals surface area contributed by atoms with E-state index in [4.69, 9.17) is 37.3 Å². The highest BCUT2D eigenvalue weighted by molar-refractivity contribution is 8.09. The van der Waals surface area contributed by atoms with E-state index >= 15 is 13.2 Å². The van der Waals surface area contributed by atoms with Gasteiger partial charge in [-0.25, -0.2) is 14.4 Å². The molecular weight excluding hydrogens is 612 g/mol. The number of hydrogen-bond acceptors (Lipinski definition) is 14. The van der Waals surface area contributed by atoms with Crippen LogP contribution in [0.1, 0.15) is 12.5 Å². The molecule has 0 bridgehead atoms. The number of fused-ring (bicyclic) bond motifs is 2.